The third-order valence-corrected chi connectivity index (χ3v) is 3.61. The quantitative estimate of drug-likeness (QED) is 0.846. The Balaban J connectivity index is 1.89. The van der Waals surface area contributed by atoms with Gasteiger partial charge in [-0.25, -0.2) is 4.98 Å². The van der Waals surface area contributed by atoms with E-state index in [0.29, 0.717) is 11.7 Å². The van der Waals surface area contributed by atoms with Crippen molar-refractivity contribution in [3.05, 3.63) is 24.3 Å². The lowest BCUT2D eigenvalue weighted by Crippen LogP contribution is -2.31. The van der Waals surface area contributed by atoms with Crippen LogP contribution in [-0.4, -0.2) is 47.0 Å². The summed E-state index contributed by atoms with van der Waals surface area (Å²) in [6, 6.07) is 7.65. The molecule has 0 aliphatic heterocycles. The minimum absolute atomic E-state index is 0.0188. The molecule has 6 nitrogen and oxygen atoms in total. The van der Waals surface area contributed by atoms with Crippen molar-refractivity contribution in [1.29, 1.82) is 0 Å². The lowest BCUT2D eigenvalue weighted by atomic mass is 10.3. The Morgan fingerprint density at radius 3 is 2.85 bits per heavy atom. The molecular formula is C13H15N3O3S. The number of amides is 1. The third kappa shape index (κ3) is 4.01. The van der Waals surface area contributed by atoms with Gasteiger partial charge in [0.15, 0.2) is 5.13 Å². The number of nitrogens with zero attached hydrogens (tertiary/aromatic N) is 2. The minimum Gasteiger partial charge on any atom is -0.481 e. The maximum Gasteiger partial charge on any atom is 0.304 e. The highest BCUT2D eigenvalue weighted by Crippen LogP contribution is 2.25. The molecule has 0 bridgehead atoms. The molecule has 106 valence electrons. The van der Waals surface area contributed by atoms with Crippen LogP contribution in [0.25, 0.3) is 10.2 Å². The van der Waals surface area contributed by atoms with Crippen molar-refractivity contribution >= 4 is 38.6 Å². The Labute approximate surface area is 120 Å². The van der Waals surface area contributed by atoms with Crippen LogP contribution in [0.2, 0.25) is 0 Å². The number of aromatic nitrogens is 1. The topological polar surface area (TPSA) is 82.5 Å². The van der Waals surface area contributed by atoms with E-state index in [-0.39, 0.29) is 18.9 Å². The normalized spacial score (nSPS) is 10.9. The molecule has 7 heteroatoms. The number of hydrogen-bond acceptors (Lipinski definition) is 5. The molecule has 0 saturated heterocycles. The van der Waals surface area contributed by atoms with Crippen LogP contribution in [0.4, 0.5) is 5.13 Å². The lowest BCUT2D eigenvalue weighted by Gasteiger charge is -2.13. The molecule has 0 aliphatic carbocycles. The van der Waals surface area contributed by atoms with Crippen molar-refractivity contribution in [2.75, 3.05) is 25.5 Å². The van der Waals surface area contributed by atoms with Crippen LogP contribution < -0.4 is 5.32 Å². The molecule has 1 heterocycles. The molecular weight excluding hydrogens is 278 g/mol. The fourth-order valence-electron chi connectivity index (χ4n) is 1.70. The van der Waals surface area contributed by atoms with Crippen LogP contribution in [0.15, 0.2) is 24.3 Å². The number of benzene rings is 1. The number of fused-ring (bicyclic) bond motifs is 1. The number of anilines is 1. The van der Waals surface area contributed by atoms with Gasteiger partial charge >= 0.3 is 5.97 Å². The number of likely N-dealkylation sites (N-methyl/N-ethyl adjacent to an activating group) is 1. The summed E-state index contributed by atoms with van der Waals surface area (Å²) in [6.45, 7) is 0.478. The zero-order chi connectivity index (χ0) is 14.5. The molecule has 2 aromatic rings. The molecule has 2 rings (SSSR count). The van der Waals surface area contributed by atoms with Crippen molar-refractivity contribution in [1.82, 2.24) is 9.88 Å². The van der Waals surface area contributed by atoms with Crippen LogP contribution in [0.1, 0.15) is 6.42 Å². The molecule has 1 aromatic carbocycles. The lowest BCUT2D eigenvalue weighted by molar-refractivity contribution is -0.137. The maximum atomic E-state index is 11.8. The summed E-state index contributed by atoms with van der Waals surface area (Å²) in [4.78, 5) is 28.2. The van der Waals surface area contributed by atoms with Crippen LogP contribution in [0, 0.1) is 0 Å². The molecule has 1 amide bonds. The summed E-state index contributed by atoms with van der Waals surface area (Å²) < 4.78 is 1.02. The van der Waals surface area contributed by atoms with E-state index in [1.807, 2.05) is 24.3 Å². The fourth-order valence-corrected chi connectivity index (χ4v) is 2.58. The van der Waals surface area contributed by atoms with E-state index in [0.717, 1.165) is 10.2 Å². The van der Waals surface area contributed by atoms with Gasteiger partial charge in [-0.3, -0.25) is 14.5 Å². The molecule has 20 heavy (non-hydrogen) atoms. The van der Waals surface area contributed by atoms with Crippen molar-refractivity contribution in [2.24, 2.45) is 0 Å². The van der Waals surface area contributed by atoms with Gasteiger partial charge < -0.3 is 10.4 Å². The summed E-state index contributed by atoms with van der Waals surface area (Å²) >= 11 is 1.42. The molecule has 0 atom stereocenters. The van der Waals surface area contributed by atoms with E-state index < -0.39 is 5.97 Å². The van der Waals surface area contributed by atoms with Crippen LogP contribution in [0.3, 0.4) is 0 Å². The minimum atomic E-state index is -0.872. The first-order valence-corrected chi connectivity index (χ1v) is 6.92. The summed E-state index contributed by atoms with van der Waals surface area (Å²) in [5, 5.41) is 11.9. The second-order valence-electron chi connectivity index (χ2n) is 4.42. The Hall–Kier alpha value is -1.99. The molecule has 0 radical (unpaired) electrons. The summed E-state index contributed by atoms with van der Waals surface area (Å²) in [7, 11) is 1.71. The highest BCUT2D eigenvalue weighted by atomic mass is 32.1. The van der Waals surface area contributed by atoms with E-state index in [9.17, 15) is 9.59 Å². The van der Waals surface area contributed by atoms with Crippen molar-refractivity contribution in [2.45, 2.75) is 6.42 Å². The van der Waals surface area contributed by atoms with Crippen molar-refractivity contribution in [3.63, 3.8) is 0 Å². The van der Waals surface area contributed by atoms with Gasteiger partial charge in [-0.1, -0.05) is 23.5 Å². The van der Waals surface area contributed by atoms with E-state index in [4.69, 9.17) is 5.11 Å². The van der Waals surface area contributed by atoms with Gasteiger partial charge in [0.1, 0.15) is 0 Å². The first kappa shape index (κ1) is 14.4. The number of carboxylic acids is 1. The standard InChI is InChI=1S/C13H15N3O3S/c1-16(7-6-12(18)19)8-11(17)15-13-14-9-4-2-3-5-10(9)20-13/h2-5H,6-8H2,1H3,(H,18,19)(H,14,15,17). The van der Waals surface area contributed by atoms with Gasteiger partial charge in [0.25, 0.3) is 0 Å². The predicted octanol–water partition coefficient (Wildman–Crippen LogP) is 1.64. The number of aliphatic carboxylic acids is 1. The van der Waals surface area contributed by atoms with Crippen LogP contribution in [0.5, 0.6) is 0 Å². The van der Waals surface area contributed by atoms with E-state index >= 15 is 0 Å². The zero-order valence-electron chi connectivity index (χ0n) is 11.0. The molecule has 1 aromatic heterocycles. The fraction of sp³-hybridized carbons (Fsp3) is 0.308. The van der Waals surface area contributed by atoms with Gasteiger partial charge in [-0.15, -0.1) is 0 Å². The Kier molecular flexibility index (Phi) is 4.65. The Morgan fingerprint density at radius 1 is 1.40 bits per heavy atom. The molecule has 0 spiro atoms. The van der Waals surface area contributed by atoms with Crippen LogP contribution >= 0.6 is 11.3 Å². The van der Waals surface area contributed by atoms with Gasteiger partial charge in [0.2, 0.25) is 5.91 Å². The number of rotatable bonds is 6. The summed E-state index contributed by atoms with van der Waals surface area (Å²) in [5.41, 5.74) is 0.854. The number of carbonyl (C=O) groups excluding carboxylic acids is 1. The van der Waals surface area contributed by atoms with Crippen molar-refractivity contribution < 1.29 is 14.7 Å². The van der Waals surface area contributed by atoms with Crippen molar-refractivity contribution in [3.8, 4) is 0 Å². The van der Waals surface area contributed by atoms with Gasteiger partial charge in [-0.05, 0) is 19.2 Å². The molecule has 0 saturated carbocycles. The molecule has 0 unspecified atom stereocenters. The number of thiazole rings is 1. The third-order valence-electron chi connectivity index (χ3n) is 2.66. The Bertz CT molecular complexity index is 593. The van der Waals surface area contributed by atoms with Gasteiger partial charge in [0, 0.05) is 6.54 Å². The SMILES string of the molecule is CN(CCC(=O)O)CC(=O)Nc1nc2ccccc2s1. The van der Waals surface area contributed by atoms with Gasteiger partial charge in [-0.2, -0.15) is 0 Å². The van der Waals surface area contributed by atoms with Crippen LogP contribution in [-0.2, 0) is 9.59 Å². The van der Waals surface area contributed by atoms with E-state index in [2.05, 4.69) is 10.3 Å². The zero-order valence-corrected chi connectivity index (χ0v) is 11.8. The average molecular weight is 293 g/mol. The monoisotopic (exact) mass is 293 g/mol. The second-order valence-corrected chi connectivity index (χ2v) is 5.45. The first-order valence-electron chi connectivity index (χ1n) is 6.10. The number of carboxylic acid groups (broad SMARTS) is 1. The Morgan fingerprint density at radius 2 is 2.15 bits per heavy atom. The number of carbonyl (C=O) groups is 2. The van der Waals surface area contributed by atoms with E-state index in [1.54, 1.807) is 11.9 Å². The van der Waals surface area contributed by atoms with Gasteiger partial charge in [0.05, 0.1) is 23.2 Å². The maximum absolute atomic E-state index is 11.8. The highest BCUT2D eigenvalue weighted by molar-refractivity contribution is 7.22. The summed E-state index contributed by atoms with van der Waals surface area (Å²) in [6.07, 6.45) is 0.0188. The second kappa shape index (κ2) is 6.44. The number of para-hydroxylation sites is 1. The smallest absolute Gasteiger partial charge is 0.304 e. The predicted molar refractivity (Wildman–Crippen MR) is 78.0 cm³/mol. The first-order chi connectivity index (χ1) is 9.54. The highest BCUT2D eigenvalue weighted by Gasteiger charge is 2.10. The number of hydrogen-bond donors (Lipinski definition) is 2. The number of nitrogens with one attached hydrogen (secondary N) is 1. The average Bonchev–Trinajstić information content (AvgIpc) is 2.78. The summed E-state index contributed by atoms with van der Waals surface area (Å²) in [5.74, 6) is -1.07. The molecule has 0 fully saturated rings. The molecule has 0 aliphatic rings. The van der Waals surface area contributed by atoms with E-state index in [1.165, 1.54) is 11.3 Å². The largest absolute Gasteiger partial charge is 0.481 e. The molecule has 2 N–H and O–H groups in total.